The number of hydrogen-bond acceptors (Lipinski definition) is 0. The Kier molecular flexibility index (Phi) is 3.52. The predicted molar refractivity (Wildman–Crippen MR) is 62.2 cm³/mol. The van der Waals surface area contributed by atoms with Gasteiger partial charge < -0.3 is 0 Å². The fourth-order valence-corrected chi connectivity index (χ4v) is 4.14. The van der Waals surface area contributed by atoms with Gasteiger partial charge in [0.1, 0.15) is 0 Å². The van der Waals surface area contributed by atoms with Gasteiger partial charge in [-0.25, -0.2) is 0 Å². The Bertz CT molecular complexity index is 173. The molecule has 0 aromatic carbocycles. The van der Waals surface area contributed by atoms with Crippen molar-refractivity contribution in [2.45, 2.75) is 65.2 Å². The van der Waals surface area contributed by atoms with E-state index in [4.69, 9.17) is 0 Å². The van der Waals surface area contributed by atoms with Crippen LogP contribution < -0.4 is 0 Å². The van der Waals surface area contributed by atoms with Gasteiger partial charge in [-0.1, -0.05) is 46.0 Å². The largest absolute Gasteiger partial charge is 0.0654 e. The molecule has 2 aliphatic rings. The van der Waals surface area contributed by atoms with E-state index in [9.17, 15) is 0 Å². The molecule has 0 heterocycles. The normalized spacial score (nSPS) is 42.4. The maximum atomic E-state index is 2.39. The SMILES string of the molecule is CCCC1CC(CC)CC2CCCC12. The molecule has 4 unspecified atom stereocenters. The van der Waals surface area contributed by atoms with E-state index in [1.807, 2.05) is 0 Å². The van der Waals surface area contributed by atoms with E-state index in [1.165, 1.54) is 25.7 Å². The van der Waals surface area contributed by atoms with Gasteiger partial charge >= 0.3 is 0 Å². The zero-order valence-electron chi connectivity index (χ0n) is 9.97. The van der Waals surface area contributed by atoms with Gasteiger partial charge in [-0.2, -0.15) is 0 Å². The number of hydrogen-bond donors (Lipinski definition) is 0. The molecule has 0 nitrogen and oxygen atoms in total. The van der Waals surface area contributed by atoms with Gasteiger partial charge in [0.2, 0.25) is 0 Å². The van der Waals surface area contributed by atoms with Gasteiger partial charge in [0.15, 0.2) is 0 Å². The molecule has 14 heavy (non-hydrogen) atoms. The van der Waals surface area contributed by atoms with Crippen molar-refractivity contribution < 1.29 is 0 Å². The lowest BCUT2D eigenvalue weighted by atomic mass is 9.67. The first-order valence-corrected chi connectivity index (χ1v) is 6.85. The van der Waals surface area contributed by atoms with Crippen molar-refractivity contribution in [2.24, 2.45) is 23.7 Å². The van der Waals surface area contributed by atoms with Gasteiger partial charge in [-0.15, -0.1) is 0 Å². The van der Waals surface area contributed by atoms with Crippen LogP contribution in [0.3, 0.4) is 0 Å². The van der Waals surface area contributed by atoms with Crippen LogP contribution in [0.25, 0.3) is 0 Å². The summed E-state index contributed by atoms with van der Waals surface area (Å²) in [5.41, 5.74) is 0. The highest BCUT2D eigenvalue weighted by molar-refractivity contribution is 4.89. The van der Waals surface area contributed by atoms with Crippen LogP contribution in [0.1, 0.15) is 65.2 Å². The standard InChI is InChI=1S/C14H26/c1-3-6-12-9-11(4-2)10-13-7-5-8-14(12)13/h11-14H,3-10H2,1-2H3. The first-order valence-electron chi connectivity index (χ1n) is 6.85. The first-order chi connectivity index (χ1) is 6.85. The molecule has 0 aromatic rings. The Labute approximate surface area is 89.5 Å². The molecule has 2 fully saturated rings. The zero-order chi connectivity index (χ0) is 9.97. The van der Waals surface area contributed by atoms with Crippen molar-refractivity contribution in [3.05, 3.63) is 0 Å². The summed E-state index contributed by atoms with van der Waals surface area (Å²) >= 11 is 0. The van der Waals surface area contributed by atoms with E-state index < -0.39 is 0 Å². The molecular formula is C14H26. The second-order valence-corrected chi connectivity index (χ2v) is 5.65. The van der Waals surface area contributed by atoms with E-state index in [-0.39, 0.29) is 0 Å². The van der Waals surface area contributed by atoms with Crippen LogP contribution in [-0.2, 0) is 0 Å². The molecule has 0 bridgehead atoms. The van der Waals surface area contributed by atoms with Crippen LogP contribution in [0, 0.1) is 23.7 Å². The molecule has 4 atom stereocenters. The van der Waals surface area contributed by atoms with Crippen LogP contribution in [0.4, 0.5) is 0 Å². The Hall–Kier alpha value is 0. The van der Waals surface area contributed by atoms with Gasteiger partial charge in [-0.3, -0.25) is 0 Å². The van der Waals surface area contributed by atoms with Crippen molar-refractivity contribution in [1.29, 1.82) is 0 Å². The Morgan fingerprint density at radius 2 is 1.93 bits per heavy atom. The monoisotopic (exact) mass is 194 g/mol. The van der Waals surface area contributed by atoms with Crippen molar-refractivity contribution in [3.8, 4) is 0 Å². The fourth-order valence-electron chi connectivity index (χ4n) is 4.14. The smallest absolute Gasteiger partial charge is 0.0357 e. The quantitative estimate of drug-likeness (QED) is 0.614. The minimum Gasteiger partial charge on any atom is -0.0654 e. The molecule has 0 amide bonds. The first kappa shape index (κ1) is 10.5. The average Bonchev–Trinajstić information content (AvgIpc) is 2.66. The van der Waals surface area contributed by atoms with Crippen molar-refractivity contribution in [1.82, 2.24) is 0 Å². The summed E-state index contributed by atoms with van der Waals surface area (Å²) in [4.78, 5) is 0. The minimum absolute atomic E-state index is 1.07. The average molecular weight is 194 g/mol. The third kappa shape index (κ3) is 1.99. The topological polar surface area (TPSA) is 0 Å². The molecule has 2 saturated carbocycles. The summed E-state index contributed by atoms with van der Waals surface area (Å²) in [6.07, 6.45) is 12.1. The number of fused-ring (bicyclic) bond motifs is 1. The van der Waals surface area contributed by atoms with Gasteiger partial charge in [0, 0.05) is 0 Å². The van der Waals surface area contributed by atoms with Gasteiger partial charge in [0.25, 0.3) is 0 Å². The van der Waals surface area contributed by atoms with Crippen LogP contribution in [0.15, 0.2) is 0 Å². The van der Waals surface area contributed by atoms with E-state index in [2.05, 4.69) is 13.8 Å². The van der Waals surface area contributed by atoms with E-state index in [0.717, 1.165) is 23.7 Å². The lowest BCUT2D eigenvalue weighted by Gasteiger charge is -2.38. The molecule has 0 heteroatoms. The van der Waals surface area contributed by atoms with Crippen molar-refractivity contribution in [2.75, 3.05) is 0 Å². The summed E-state index contributed by atoms with van der Waals surface area (Å²) in [6.45, 7) is 4.75. The Morgan fingerprint density at radius 1 is 1.07 bits per heavy atom. The summed E-state index contributed by atoms with van der Waals surface area (Å²) in [6, 6.07) is 0. The molecule has 0 saturated heterocycles. The molecule has 0 radical (unpaired) electrons. The van der Waals surface area contributed by atoms with Gasteiger partial charge in [0.05, 0.1) is 0 Å². The molecule has 0 aromatic heterocycles. The lowest BCUT2D eigenvalue weighted by Crippen LogP contribution is -2.29. The van der Waals surface area contributed by atoms with Gasteiger partial charge in [-0.05, 0) is 42.9 Å². The second-order valence-electron chi connectivity index (χ2n) is 5.65. The molecule has 2 rings (SSSR count). The third-order valence-corrected chi connectivity index (χ3v) is 4.83. The highest BCUT2D eigenvalue weighted by atomic mass is 14.4. The van der Waals surface area contributed by atoms with Crippen molar-refractivity contribution >= 4 is 0 Å². The summed E-state index contributed by atoms with van der Waals surface area (Å²) < 4.78 is 0. The Morgan fingerprint density at radius 3 is 2.64 bits per heavy atom. The Balaban J connectivity index is 1.98. The summed E-state index contributed by atoms with van der Waals surface area (Å²) in [5, 5.41) is 0. The van der Waals surface area contributed by atoms with Crippen LogP contribution in [0.2, 0.25) is 0 Å². The van der Waals surface area contributed by atoms with Crippen LogP contribution in [-0.4, -0.2) is 0 Å². The fraction of sp³-hybridized carbons (Fsp3) is 1.00. The number of rotatable bonds is 3. The zero-order valence-corrected chi connectivity index (χ0v) is 9.97. The van der Waals surface area contributed by atoms with Crippen molar-refractivity contribution in [3.63, 3.8) is 0 Å². The maximum Gasteiger partial charge on any atom is -0.0357 e. The molecular weight excluding hydrogens is 168 g/mol. The molecule has 2 aliphatic carbocycles. The second kappa shape index (κ2) is 4.68. The highest BCUT2D eigenvalue weighted by Crippen LogP contribution is 2.49. The molecule has 82 valence electrons. The van der Waals surface area contributed by atoms with Crippen LogP contribution in [0.5, 0.6) is 0 Å². The van der Waals surface area contributed by atoms with Crippen LogP contribution >= 0.6 is 0 Å². The van der Waals surface area contributed by atoms with E-state index in [1.54, 1.807) is 25.7 Å². The summed E-state index contributed by atoms with van der Waals surface area (Å²) in [5.74, 6) is 4.44. The predicted octanol–water partition coefficient (Wildman–Crippen LogP) is 4.64. The van der Waals surface area contributed by atoms with E-state index in [0.29, 0.717) is 0 Å². The maximum absolute atomic E-state index is 2.39. The molecule has 0 aliphatic heterocycles. The highest BCUT2D eigenvalue weighted by Gasteiger charge is 2.38. The van der Waals surface area contributed by atoms with E-state index >= 15 is 0 Å². The third-order valence-electron chi connectivity index (χ3n) is 4.83. The summed E-state index contributed by atoms with van der Waals surface area (Å²) in [7, 11) is 0. The molecule has 0 spiro atoms. The minimum atomic E-state index is 1.07. The molecule has 0 N–H and O–H groups in total. The lowest BCUT2D eigenvalue weighted by molar-refractivity contribution is 0.119.